The van der Waals surface area contributed by atoms with Gasteiger partial charge in [-0.05, 0) is 42.9 Å². The molecule has 1 aromatic carbocycles. The van der Waals surface area contributed by atoms with Crippen LogP contribution in [0.2, 0.25) is 5.02 Å². The highest BCUT2D eigenvalue weighted by atomic mass is 35.5. The molecule has 2 atom stereocenters. The Morgan fingerprint density at radius 3 is 2.41 bits per heavy atom. The van der Waals surface area contributed by atoms with Crippen LogP contribution >= 0.6 is 11.6 Å². The number of rotatable bonds is 1. The van der Waals surface area contributed by atoms with Gasteiger partial charge in [-0.2, -0.15) is 0 Å². The molecule has 1 saturated heterocycles. The number of halogens is 1. The average molecular weight is 253 g/mol. The minimum Gasteiger partial charge on any atom is -0.398 e. The van der Waals surface area contributed by atoms with E-state index >= 15 is 0 Å². The van der Waals surface area contributed by atoms with Crippen LogP contribution in [0.4, 0.5) is 11.4 Å². The highest BCUT2D eigenvalue weighted by molar-refractivity contribution is 6.34. The predicted molar refractivity (Wildman–Crippen MR) is 75.8 cm³/mol. The maximum atomic E-state index is 6.41. The summed E-state index contributed by atoms with van der Waals surface area (Å²) < 4.78 is 0. The van der Waals surface area contributed by atoms with Crippen LogP contribution in [0.1, 0.15) is 25.8 Å². The van der Waals surface area contributed by atoms with Crippen molar-refractivity contribution in [2.45, 2.75) is 27.2 Å². The second-order valence-electron chi connectivity index (χ2n) is 5.46. The van der Waals surface area contributed by atoms with Gasteiger partial charge in [0.25, 0.3) is 0 Å². The van der Waals surface area contributed by atoms with Crippen LogP contribution in [0.5, 0.6) is 0 Å². The minimum atomic E-state index is 0.729. The number of anilines is 2. The van der Waals surface area contributed by atoms with Gasteiger partial charge in [0.05, 0.1) is 10.7 Å². The van der Waals surface area contributed by atoms with Crippen LogP contribution in [0, 0.1) is 18.8 Å². The summed E-state index contributed by atoms with van der Waals surface area (Å²) in [4.78, 5) is 2.40. The van der Waals surface area contributed by atoms with Crippen molar-refractivity contribution in [1.82, 2.24) is 0 Å². The van der Waals surface area contributed by atoms with Crippen molar-refractivity contribution in [1.29, 1.82) is 0 Å². The number of nitrogens with zero attached hydrogens (tertiary/aromatic N) is 1. The van der Waals surface area contributed by atoms with E-state index in [4.69, 9.17) is 17.3 Å². The Bertz CT molecular complexity index is 407. The van der Waals surface area contributed by atoms with Crippen molar-refractivity contribution >= 4 is 23.0 Å². The lowest BCUT2D eigenvalue weighted by atomic mass is 9.91. The molecule has 1 heterocycles. The number of benzene rings is 1. The highest BCUT2D eigenvalue weighted by Gasteiger charge is 2.23. The zero-order valence-electron chi connectivity index (χ0n) is 10.8. The van der Waals surface area contributed by atoms with E-state index in [1.54, 1.807) is 0 Å². The summed E-state index contributed by atoms with van der Waals surface area (Å²) >= 11 is 6.41. The van der Waals surface area contributed by atoms with E-state index in [2.05, 4.69) is 24.8 Å². The standard InChI is InChI=1S/C14H21ClN2/c1-9-6-10(2)8-17(7-9)13-5-4-12(16)11(3)14(13)15/h4-5,9-10H,6-8,16H2,1-3H3. The Kier molecular flexibility index (Phi) is 3.53. The summed E-state index contributed by atoms with van der Waals surface area (Å²) in [6.07, 6.45) is 1.31. The molecule has 1 aliphatic rings. The number of hydrogen-bond acceptors (Lipinski definition) is 2. The quantitative estimate of drug-likeness (QED) is 0.772. The lowest BCUT2D eigenvalue weighted by Gasteiger charge is -2.37. The molecule has 2 N–H and O–H groups in total. The molecule has 1 fully saturated rings. The Morgan fingerprint density at radius 1 is 1.24 bits per heavy atom. The Labute approximate surface area is 109 Å². The number of piperidine rings is 1. The zero-order chi connectivity index (χ0) is 12.6. The van der Waals surface area contributed by atoms with Gasteiger partial charge in [0.1, 0.15) is 0 Å². The number of hydrogen-bond donors (Lipinski definition) is 1. The fraction of sp³-hybridized carbons (Fsp3) is 0.571. The fourth-order valence-corrected chi connectivity index (χ4v) is 3.08. The number of nitrogen functional groups attached to an aromatic ring is 1. The summed E-state index contributed by atoms with van der Waals surface area (Å²) in [5.41, 5.74) is 8.78. The molecular weight excluding hydrogens is 232 g/mol. The lowest BCUT2D eigenvalue weighted by molar-refractivity contribution is 0.357. The van der Waals surface area contributed by atoms with E-state index in [9.17, 15) is 0 Å². The van der Waals surface area contributed by atoms with Crippen molar-refractivity contribution in [3.63, 3.8) is 0 Å². The van der Waals surface area contributed by atoms with E-state index < -0.39 is 0 Å². The van der Waals surface area contributed by atoms with E-state index in [1.165, 1.54) is 6.42 Å². The third-order valence-electron chi connectivity index (χ3n) is 3.62. The molecule has 0 amide bonds. The molecule has 2 unspecified atom stereocenters. The van der Waals surface area contributed by atoms with Crippen LogP contribution < -0.4 is 10.6 Å². The molecule has 0 bridgehead atoms. The van der Waals surface area contributed by atoms with Gasteiger partial charge in [-0.1, -0.05) is 25.4 Å². The first-order chi connectivity index (χ1) is 7.99. The molecule has 17 heavy (non-hydrogen) atoms. The number of nitrogens with two attached hydrogens (primary N) is 1. The minimum absolute atomic E-state index is 0.729. The lowest BCUT2D eigenvalue weighted by Crippen LogP contribution is -2.38. The van der Waals surface area contributed by atoms with Crippen molar-refractivity contribution in [3.05, 3.63) is 22.7 Å². The summed E-state index contributed by atoms with van der Waals surface area (Å²) in [7, 11) is 0. The van der Waals surface area contributed by atoms with Crippen molar-refractivity contribution in [2.75, 3.05) is 23.7 Å². The first-order valence-corrected chi connectivity index (χ1v) is 6.66. The monoisotopic (exact) mass is 252 g/mol. The summed E-state index contributed by atoms with van der Waals surface area (Å²) in [6, 6.07) is 4.01. The Balaban J connectivity index is 2.31. The third-order valence-corrected chi connectivity index (χ3v) is 4.09. The van der Waals surface area contributed by atoms with Crippen LogP contribution in [-0.4, -0.2) is 13.1 Å². The summed E-state index contributed by atoms with van der Waals surface area (Å²) in [5, 5.41) is 0.811. The van der Waals surface area contributed by atoms with E-state index in [0.717, 1.165) is 46.9 Å². The molecule has 3 heteroatoms. The van der Waals surface area contributed by atoms with Crippen LogP contribution in [-0.2, 0) is 0 Å². The van der Waals surface area contributed by atoms with Gasteiger partial charge in [0.15, 0.2) is 0 Å². The normalized spacial score (nSPS) is 25.1. The second kappa shape index (κ2) is 4.77. The highest BCUT2D eigenvalue weighted by Crippen LogP contribution is 2.35. The smallest absolute Gasteiger partial charge is 0.0689 e. The SMILES string of the molecule is Cc1c(N)ccc(N2CC(C)CC(C)C2)c1Cl. The van der Waals surface area contributed by atoms with Gasteiger partial charge in [-0.25, -0.2) is 0 Å². The molecule has 0 radical (unpaired) electrons. The second-order valence-corrected chi connectivity index (χ2v) is 5.84. The Morgan fingerprint density at radius 2 is 1.82 bits per heavy atom. The zero-order valence-corrected chi connectivity index (χ0v) is 11.6. The molecule has 0 saturated carbocycles. The average Bonchev–Trinajstić information content (AvgIpc) is 2.24. The molecule has 2 rings (SSSR count). The fourth-order valence-electron chi connectivity index (χ4n) is 2.79. The molecule has 0 spiro atoms. The molecule has 0 aromatic heterocycles. The van der Waals surface area contributed by atoms with Crippen LogP contribution in [0.25, 0.3) is 0 Å². The molecule has 1 aliphatic heterocycles. The van der Waals surface area contributed by atoms with Crippen LogP contribution in [0.3, 0.4) is 0 Å². The van der Waals surface area contributed by atoms with E-state index in [1.807, 2.05) is 13.0 Å². The first-order valence-electron chi connectivity index (χ1n) is 6.28. The van der Waals surface area contributed by atoms with Crippen LogP contribution in [0.15, 0.2) is 12.1 Å². The van der Waals surface area contributed by atoms with Gasteiger partial charge in [-0.3, -0.25) is 0 Å². The van der Waals surface area contributed by atoms with Gasteiger partial charge in [0, 0.05) is 18.8 Å². The van der Waals surface area contributed by atoms with E-state index in [0.29, 0.717) is 0 Å². The molecule has 0 aliphatic carbocycles. The molecule has 1 aromatic rings. The largest absolute Gasteiger partial charge is 0.398 e. The summed E-state index contributed by atoms with van der Waals surface area (Å²) in [6.45, 7) is 8.78. The molecule has 2 nitrogen and oxygen atoms in total. The molecule has 94 valence electrons. The summed E-state index contributed by atoms with van der Waals surface area (Å²) in [5.74, 6) is 1.46. The van der Waals surface area contributed by atoms with Gasteiger partial charge >= 0.3 is 0 Å². The predicted octanol–water partition coefficient (Wildman–Crippen LogP) is 3.71. The first kappa shape index (κ1) is 12.6. The van der Waals surface area contributed by atoms with Gasteiger partial charge < -0.3 is 10.6 Å². The van der Waals surface area contributed by atoms with Crippen molar-refractivity contribution < 1.29 is 0 Å². The third kappa shape index (κ3) is 2.52. The van der Waals surface area contributed by atoms with Gasteiger partial charge in [-0.15, -0.1) is 0 Å². The maximum absolute atomic E-state index is 6.41. The topological polar surface area (TPSA) is 29.3 Å². The maximum Gasteiger partial charge on any atom is 0.0689 e. The Hall–Kier alpha value is -0.890. The van der Waals surface area contributed by atoms with Crippen molar-refractivity contribution in [3.8, 4) is 0 Å². The van der Waals surface area contributed by atoms with E-state index in [-0.39, 0.29) is 0 Å². The van der Waals surface area contributed by atoms with Crippen molar-refractivity contribution in [2.24, 2.45) is 11.8 Å². The molecular formula is C14H21ClN2. The van der Waals surface area contributed by atoms with Gasteiger partial charge in [0.2, 0.25) is 0 Å².